The Labute approximate surface area is 158 Å². The molecule has 2 N–H and O–H groups in total. The van der Waals surface area contributed by atoms with Crippen molar-refractivity contribution in [3.63, 3.8) is 0 Å². The predicted octanol–water partition coefficient (Wildman–Crippen LogP) is 2.22. The van der Waals surface area contributed by atoms with Gasteiger partial charge in [-0.3, -0.25) is 14.6 Å². The number of rotatable bonds is 5. The number of carbonyl (C=O) groups excluding carboxylic acids is 2. The van der Waals surface area contributed by atoms with Crippen LogP contribution in [-0.4, -0.2) is 32.4 Å². The number of nitrogens with one attached hydrogen (secondary N) is 2. The number of imidazole rings is 1. The Balaban J connectivity index is 1.52. The van der Waals surface area contributed by atoms with Gasteiger partial charge in [0.2, 0.25) is 0 Å². The first-order valence-corrected chi connectivity index (χ1v) is 9.80. The number of pyridine rings is 1. The van der Waals surface area contributed by atoms with E-state index in [9.17, 15) is 9.59 Å². The van der Waals surface area contributed by atoms with Crippen LogP contribution in [0.3, 0.4) is 0 Å². The zero-order valence-electron chi connectivity index (χ0n) is 15.4. The van der Waals surface area contributed by atoms with E-state index in [4.69, 9.17) is 0 Å². The number of hydrogen-bond acceptors (Lipinski definition) is 4. The lowest BCUT2D eigenvalue weighted by Crippen LogP contribution is -2.33. The number of hydrogen-bond donors (Lipinski definition) is 2. The second kappa shape index (κ2) is 7.90. The Kier molecular flexibility index (Phi) is 5.18. The number of fused-ring (bicyclic) bond motifs is 1. The van der Waals surface area contributed by atoms with Gasteiger partial charge in [-0.25, -0.2) is 4.98 Å². The summed E-state index contributed by atoms with van der Waals surface area (Å²) in [4.78, 5) is 34.0. The quantitative estimate of drug-likeness (QED) is 0.848. The summed E-state index contributed by atoms with van der Waals surface area (Å²) in [5, 5.41) is 6.00. The van der Waals surface area contributed by atoms with Gasteiger partial charge >= 0.3 is 0 Å². The molecule has 142 valence electrons. The van der Waals surface area contributed by atoms with Gasteiger partial charge in [0, 0.05) is 31.5 Å². The molecule has 7 heteroatoms. The van der Waals surface area contributed by atoms with E-state index >= 15 is 0 Å². The summed E-state index contributed by atoms with van der Waals surface area (Å²) >= 11 is 0. The third-order valence-corrected chi connectivity index (χ3v) is 5.40. The number of nitrogens with zero attached hydrogens (tertiary/aromatic N) is 3. The zero-order valence-corrected chi connectivity index (χ0v) is 15.4. The maximum atomic E-state index is 12.8. The van der Waals surface area contributed by atoms with Crippen molar-refractivity contribution in [1.29, 1.82) is 0 Å². The molecular formula is C20H25N5O2. The smallest absolute Gasteiger partial charge is 0.287 e. The second-order valence-corrected chi connectivity index (χ2v) is 7.34. The number of aromatic nitrogens is 3. The minimum absolute atomic E-state index is 0.140. The van der Waals surface area contributed by atoms with Gasteiger partial charge in [0.05, 0.1) is 5.69 Å². The Morgan fingerprint density at radius 2 is 2.00 bits per heavy atom. The molecule has 3 heterocycles. The molecule has 2 aromatic rings. The van der Waals surface area contributed by atoms with Crippen LogP contribution in [0.2, 0.25) is 0 Å². The van der Waals surface area contributed by atoms with Gasteiger partial charge < -0.3 is 15.2 Å². The summed E-state index contributed by atoms with van der Waals surface area (Å²) in [5.41, 5.74) is 2.24. The van der Waals surface area contributed by atoms with Gasteiger partial charge in [0.15, 0.2) is 5.82 Å². The molecule has 0 spiro atoms. The van der Waals surface area contributed by atoms with E-state index < -0.39 is 0 Å². The van der Waals surface area contributed by atoms with Crippen LogP contribution in [0.15, 0.2) is 24.5 Å². The van der Waals surface area contributed by atoms with Gasteiger partial charge in [-0.05, 0) is 43.7 Å². The van der Waals surface area contributed by atoms with Gasteiger partial charge in [-0.15, -0.1) is 0 Å². The molecule has 0 aromatic carbocycles. The van der Waals surface area contributed by atoms with E-state index in [0.717, 1.165) is 62.7 Å². The van der Waals surface area contributed by atoms with Crippen LogP contribution in [0.5, 0.6) is 0 Å². The third kappa shape index (κ3) is 3.86. The first-order valence-electron chi connectivity index (χ1n) is 9.80. The van der Waals surface area contributed by atoms with Gasteiger partial charge in [-0.2, -0.15) is 0 Å². The summed E-state index contributed by atoms with van der Waals surface area (Å²) in [6, 6.07) is 3.99. The van der Waals surface area contributed by atoms with Crippen LogP contribution in [0.25, 0.3) is 0 Å². The van der Waals surface area contributed by atoms with Crippen LogP contribution in [0.4, 0.5) is 0 Å². The maximum absolute atomic E-state index is 12.8. The van der Waals surface area contributed by atoms with Crippen molar-refractivity contribution >= 4 is 11.8 Å². The van der Waals surface area contributed by atoms with Crippen LogP contribution in [0, 0.1) is 0 Å². The molecule has 2 aromatic heterocycles. The average Bonchev–Trinajstić information content (AvgIpc) is 3.34. The van der Waals surface area contributed by atoms with Crippen LogP contribution in [0.1, 0.15) is 70.9 Å². The molecule has 0 bridgehead atoms. The molecule has 7 nitrogen and oxygen atoms in total. The lowest BCUT2D eigenvalue weighted by Gasteiger charge is -2.17. The van der Waals surface area contributed by atoms with Crippen molar-refractivity contribution in [1.82, 2.24) is 25.2 Å². The van der Waals surface area contributed by atoms with Gasteiger partial charge in [0.1, 0.15) is 5.69 Å². The molecule has 0 radical (unpaired) electrons. The summed E-state index contributed by atoms with van der Waals surface area (Å²) in [7, 11) is 0. The SMILES string of the molecule is O=C(NC1CCCC1)c1nc(C(=O)NCc2cccnc2)n2c1CCCC2. The Hall–Kier alpha value is -2.70. The normalized spacial score (nSPS) is 16.7. The highest BCUT2D eigenvalue weighted by molar-refractivity contribution is 5.97. The molecule has 0 unspecified atom stereocenters. The molecule has 1 aliphatic carbocycles. The second-order valence-electron chi connectivity index (χ2n) is 7.34. The fourth-order valence-electron chi connectivity index (χ4n) is 3.99. The van der Waals surface area contributed by atoms with Crippen LogP contribution < -0.4 is 10.6 Å². The van der Waals surface area contributed by atoms with Crippen molar-refractivity contribution in [2.45, 2.75) is 64.1 Å². The average molecular weight is 367 g/mol. The van der Waals surface area contributed by atoms with E-state index in [0.29, 0.717) is 18.1 Å². The van der Waals surface area contributed by atoms with Gasteiger partial charge in [-0.1, -0.05) is 18.9 Å². The Morgan fingerprint density at radius 1 is 1.15 bits per heavy atom. The van der Waals surface area contributed by atoms with E-state index in [-0.39, 0.29) is 17.9 Å². The monoisotopic (exact) mass is 367 g/mol. The molecule has 0 atom stereocenters. The van der Waals surface area contributed by atoms with E-state index in [1.807, 2.05) is 16.7 Å². The van der Waals surface area contributed by atoms with Crippen molar-refractivity contribution in [2.75, 3.05) is 0 Å². The number of carbonyl (C=O) groups is 2. The van der Waals surface area contributed by atoms with Crippen LogP contribution in [-0.2, 0) is 19.5 Å². The highest BCUT2D eigenvalue weighted by atomic mass is 16.2. The molecule has 2 amide bonds. The highest BCUT2D eigenvalue weighted by Crippen LogP contribution is 2.23. The van der Waals surface area contributed by atoms with E-state index in [1.54, 1.807) is 12.4 Å². The minimum Gasteiger partial charge on any atom is -0.348 e. The first-order chi connectivity index (χ1) is 13.2. The predicted molar refractivity (Wildman–Crippen MR) is 100 cm³/mol. The fraction of sp³-hybridized carbons (Fsp3) is 0.500. The first kappa shape index (κ1) is 17.7. The number of amides is 2. The zero-order chi connectivity index (χ0) is 18.6. The maximum Gasteiger partial charge on any atom is 0.287 e. The molecule has 27 heavy (non-hydrogen) atoms. The molecule has 1 aliphatic heterocycles. The van der Waals surface area contributed by atoms with Crippen LogP contribution >= 0.6 is 0 Å². The van der Waals surface area contributed by atoms with Crippen molar-refractivity contribution in [3.05, 3.63) is 47.3 Å². The molecule has 4 rings (SSSR count). The van der Waals surface area contributed by atoms with Crippen molar-refractivity contribution in [3.8, 4) is 0 Å². The highest BCUT2D eigenvalue weighted by Gasteiger charge is 2.28. The fourth-order valence-corrected chi connectivity index (χ4v) is 3.99. The van der Waals surface area contributed by atoms with E-state index in [2.05, 4.69) is 20.6 Å². The van der Waals surface area contributed by atoms with Crippen molar-refractivity contribution in [2.24, 2.45) is 0 Å². The van der Waals surface area contributed by atoms with Crippen molar-refractivity contribution < 1.29 is 9.59 Å². The van der Waals surface area contributed by atoms with E-state index in [1.165, 1.54) is 0 Å². The Bertz CT molecular complexity index is 824. The lowest BCUT2D eigenvalue weighted by molar-refractivity contribution is 0.0931. The summed E-state index contributed by atoms with van der Waals surface area (Å²) in [5.74, 6) is -0.0501. The molecule has 1 saturated carbocycles. The van der Waals surface area contributed by atoms with Gasteiger partial charge in [0.25, 0.3) is 11.8 Å². The minimum atomic E-state index is -0.248. The summed E-state index contributed by atoms with van der Waals surface area (Å²) in [6.45, 7) is 1.12. The standard InChI is InChI=1S/C20H25N5O2/c26-19(23-15-7-1-2-8-15)17-16-9-3-4-11-25(16)18(24-17)20(27)22-13-14-6-5-10-21-12-14/h5-6,10,12,15H,1-4,7-9,11,13H2,(H,22,27)(H,23,26). The molecule has 2 aliphatic rings. The molecular weight excluding hydrogens is 342 g/mol. The molecule has 0 saturated heterocycles. The topological polar surface area (TPSA) is 88.9 Å². The molecule has 1 fully saturated rings. The summed E-state index contributed by atoms with van der Waals surface area (Å²) < 4.78 is 1.92. The Morgan fingerprint density at radius 3 is 2.78 bits per heavy atom. The largest absolute Gasteiger partial charge is 0.348 e. The lowest BCUT2D eigenvalue weighted by atomic mass is 10.1. The third-order valence-electron chi connectivity index (χ3n) is 5.40. The summed E-state index contributed by atoms with van der Waals surface area (Å²) in [6.07, 6.45) is 10.6.